The van der Waals surface area contributed by atoms with Crippen molar-refractivity contribution in [2.45, 2.75) is 106 Å². The van der Waals surface area contributed by atoms with Gasteiger partial charge in [0, 0.05) is 11.5 Å². The highest BCUT2D eigenvalue weighted by molar-refractivity contribution is 6.22. The minimum Gasteiger partial charge on any atom is -0.446 e. The van der Waals surface area contributed by atoms with Crippen LogP contribution in [0.4, 0.5) is 0 Å². The minimum absolute atomic E-state index is 0.139. The first-order valence-electron chi connectivity index (χ1n) is 13.3. The van der Waals surface area contributed by atoms with Gasteiger partial charge in [0.25, 0.3) is 0 Å². The fourth-order valence-corrected chi connectivity index (χ4v) is 5.40. The molecule has 0 aromatic heterocycles. The molecule has 0 saturated heterocycles. The molecule has 1 aromatic carbocycles. The number of carbonyl (C=O) groups excluding carboxylic acids is 1. The molecule has 1 aromatic rings. The number of esters is 1. The molecule has 1 heterocycles. The Kier molecular flexibility index (Phi) is 7.42. The van der Waals surface area contributed by atoms with Crippen LogP contribution in [0.2, 0.25) is 0 Å². The van der Waals surface area contributed by atoms with Gasteiger partial charge in [0.2, 0.25) is 0 Å². The van der Waals surface area contributed by atoms with Gasteiger partial charge in [0.05, 0.1) is 5.57 Å². The van der Waals surface area contributed by atoms with E-state index in [9.17, 15) is 4.79 Å². The SMILES string of the molecule is CC(C)C1=CC2(C(C)C)OC(=O)C(c3c(C(C)C)cc(C(C)C)cc3C(C)C)=C2C(C(C)C)=C1. The summed E-state index contributed by atoms with van der Waals surface area (Å²) in [6.07, 6.45) is 4.58. The van der Waals surface area contributed by atoms with Crippen LogP contribution in [-0.4, -0.2) is 11.6 Å². The van der Waals surface area contributed by atoms with E-state index in [0.717, 1.165) is 16.7 Å². The van der Waals surface area contributed by atoms with E-state index in [2.05, 4.69) is 107 Å². The molecule has 1 aliphatic heterocycles. The fourth-order valence-electron chi connectivity index (χ4n) is 5.40. The van der Waals surface area contributed by atoms with Gasteiger partial charge in [-0.25, -0.2) is 4.79 Å². The number of rotatable bonds is 7. The van der Waals surface area contributed by atoms with Crippen molar-refractivity contribution >= 4 is 11.5 Å². The summed E-state index contributed by atoms with van der Waals surface area (Å²) in [5.41, 5.74) is 8.68. The van der Waals surface area contributed by atoms with Crippen LogP contribution in [0, 0.1) is 17.8 Å². The molecule has 0 radical (unpaired) electrons. The van der Waals surface area contributed by atoms with E-state index in [0.29, 0.717) is 29.6 Å². The summed E-state index contributed by atoms with van der Waals surface area (Å²) in [7, 11) is 0. The average molecular weight is 463 g/mol. The number of fused-ring (bicyclic) bond motifs is 1. The van der Waals surface area contributed by atoms with Gasteiger partial charge < -0.3 is 4.74 Å². The van der Waals surface area contributed by atoms with E-state index in [-0.39, 0.29) is 11.9 Å². The van der Waals surface area contributed by atoms with Gasteiger partial charge in [-0.2, -0.15) is 0 Å². The first kappa shape index (κ1) is 26.5. The third-order valence-electron chi connectivity index (χ3n) is 7.63. The molecular weight excluding hydrogens is 416 g/mol. The average Bonchev–Trinajstić information content (AvgIpc) is 3.04. The topological polar surface area (TPSA) is 26.3 Å². The molecule has 1 atom stereocenters. The fraction of sp³-hybridized carbons (Fsp3) is 0.594. The Morgan fingerprint density at radius 3 is 1.62 bits per heavy atom. The first-order valence-corrected chi connectivity index (χ1v) is 13.3. The molecule has 186 valence electrons. The van der Waals surface area contributed by atoms with Gasteiger partial charge in [-0.1, -0.05) is 101 Å². The lowest BCUT2D eigenvalue weighted by molar-refractivity contribution is -0.144. The number of hydrogen-bond acceptors (Lipinski definition) is 2. The minimum atomic E-state index is -0.709. The first-order chi connectivity index (χ1) is 15.7. The summed E-state index contributed by atoms with van der Waals surface area (Å²) in [4.78, 5) is 13.9. The molecule has 0 spiro atoms. The molecular formula is C32H46O2. The molecule has 0 amide bonds. The Bertz CT molecular complexity index is 1030. The highest BCUT2D eigenvalue weighted by Crippen LogP contribution is 2.53. The van der Waals surface area contributed by atoms with Crippen molar-refractivity contribution in [3.05, 3.63) is 63.3 Å². The van der Waals surface area contributed by atoms with Crippen molar-refractivity contribution < 1.29 is 9.53 Å². The quantitative estimate of drug-likeness (QED) is 0.378. The zero-order valence-electron chi connectivity index (χ0n) is 23.6. The van der Waals surface area contributed by atoms with Gasteiger partial charge in [-0.05, 0) is 69.1 Å². The summed E-state index contributed by atoms with van der Waals surface area (Å²) in [6.45, 7) is 26.7. The van der Waals surface area contributed by atoms with Crippen LogP contribution < -0.4 is 0 Å². The lowest BCUT2D eigenvalue weighted by atomic mass is 9.68. The van der Waals surface area contributed by atoms with Crippen LogP contribution in [0.5, 0.6) is 0 Å². The third kappa shape index (κ3) is 4.34. The molecule has 0 fully saturated rings. The van der Waals surface area contributed by atoms with Crippen molar-refractivity contribution in [3.63, 3.8) is 0 Å². The lowest BCUT2D eigenvalue weighted by Crippen LogP contribution is -2.39. The van der Waals surface area contributed by atoms with E-state index in [1.54, 1.807) is 0 Å². The van der Waals surface area contributed by atoms with Crippen LogP contribution in [0.1, 0.15) is 123 Å². The maximum absolute atomic E-state index is 13.9. The Balaban J connectivity index is 2.52. The lowest BCUT2D eigenvalue weighted by Gasteiger charge is -2.38. The van der Waals surface area contributed by atoms with E-state index < -0.39 is 5.60 Å². The van der Waals surface area contributed by atoms with Gasteiger partial charge in [0.1, 0.15) is 0 Å². The number of hydrogen-bond donors (Lipinski definition) is 0. The van der Waals surface area contributed by atoms with Crippen molar-refractivity contribution in [3.8, 4) is 0 Å². The Labute approximate surface area is 208 Å². The van der Waals surface area contributed by atoms with Gasteiger partial charge >= 0.3 is 5.97 Å². The van der Waals surface area contributed by atoms with Gasteiger partial charge in [-0.3, -0.25) is 0 Å². The van der Waals surface area contributed by atoms with Crippen molar-refractivity contribution in [2.24, 2.45) is 17.8 Å². The van der Waals surface area contributed by atoms with Crippen LogP contribution in [0.25, 0.3) is 5.57 Å². The second-order valence-corrected chi connectivity index (χ2v) is 12.2. The molecule has 34 heavy (non-hydrogen) atoms. The zero-order valence-corrected chi connectivity index (χ0v) is 23.6. The van der Waals surface area contributed by atoms with E-state index in [4.69, 9.17) is 4.74 Å². The predicted molar refractivity (Wildman–Crippen MR) is 145 cm³/mol. The number of carbonyl (C=O) groups is 1. The van der Waals surface area contributed by atoms with Crippen molar-refractivity contribution in [2.75, 3.05) is 0 Å². The Morgan fingerprint density at radius 2 is 1.24 bits per heavy atom. The standard InChI is InChI=1S/C32H46O2/c1-17(2)23-13-25(19(5)6)28(26(14-23)20(7)8)29-30-27(21(9)10)15-24(18(3)4)16-32(30,22(11)12)34-31(29)33/h13-22H,1-12H3. The smallest absolute Gasteiger partial charge is 0.340 e. The molecule has 2 nitrogen and oxygen atoms in total. The van der Waals surface area contributed by atoms with Crippen molar-refractivity contribution in [1.29, 1.82) is 0 Å². The summed E-state index contributed by atoms with van der Waals surface area (Å²) in [5.74, 6) is 1.68. The predicted octanol–water partition coefficient (Wildman–Crippen LogP) is 8.94. The van der Waals surface area contributed by atoms with Crippen LogP contribution in [0.15, 0.2) is 41.0 Å². The molecule has 0 N–H and O–H groups in total. The van der Waals surface area contributed by atoms with Crippen LogP contribution >= 0.6 is 0 Å². The highest BCUT2D eigenvalue weighted by Gasteiger charge is 2.52. The Hall–Kier alpha value is -2.09. The van der Waals surface area contributed by atoms with Crippen molar-refractivity contribution in [1.82, 2.24) is 0 Å². The summed E-state index contributed by atoms with van der Waals surface area (Å²) >= 11 is 0. The highest BCUT2D eigenvalue weighted by atomic mass is 16.6. The van der Waals surface area contributed by atoms with E-state index in [1.165, 1.54) is 27.8 Å². The molecule has 2 aliphatic rings. The molecule has 3 rings (SSSR count). The molecule has 1 unspecified atom stereocenters. The van der Waals surface area contributed by atoms with Gasteiger partial charge in [0.15, 0.2) is 5.60 Å². The summed E-state index contributed by atoms with van der Waals surface area (Å²) < 4.78 is 6.46. The number of ether oxygens (including phenoxy) is 1. The monoisotopic (exact) mass is 462 g/mol. The largest absolute Gasteiger partial charge is 0.446 e. The third-order valence-corrected chi connectivity index (χ3v) is 7.63. The maximum Gasteiger partial charge on any atom is 0.340 e. The van der Waals surface area contributed by atoms with Crippen LogP contribution in [-0.2, 0) is 9.53 Å². The van der Waals surface area contributed by atoms with E-state index >= 15 is 0 Å². The zero-order chi connectivity index (χ0) is 25.7. The molecule has 0 bridgehead atoms. The second kappa shape index (κ2) is 9.51. The summed E-state index contributed by atoms with van der Waals surface area (Å²) in [5, 5.41) is 0. The maximum atomic E-state index is 13.9. The molecule has 0 saturated carbocycles. The normalized spacial score (nSPS) is 20.8. The van der Waals surface area contributed by atoms with E-state index in [1.807, 2.05) is 0 Å². The Morgan fingerprint density at radius 1 is 0.706 bits per heavy atom. The second-order valence-electron chi connectivity index (χ2n) is 12.2. The van der Waals surface area contributed by atoms with Crippen LogP contribution in [0.3, 0.4) is 0 Å². The summed E-state index contributed by atoms with van der Waals surface area (Å²) in [6, 6.07) is 4.67. The molecule has 1 aliphatic carbocycles. The number of benzene rings is 1. The molecule has 2 heteroatoms. The van der Waals surface area contributed by atoms with Gasteiger partial charge in [-0.15, -0.1) is 0 Å². The number of allylic oxidation sites excluding steroid dienone is 2.